The van der Waals surface area contributed by atoms with Crippen molar-refractivity contribution in [3.63, 3.8) is 0 Å². The van der Waals surface area contributed by atoms with Crippen LogP contribution in [0.5, 0.6) is 0 Å². The Hall–Kier alpha value is -0.120. The van der Waals surface area contributed by atoms with Crippen molar-refractivity contribution in [1.29, 1.82) is 0 Å². The van der Waals surface area contributed by atoms with Gasteiger partial charge in [0.25, 0.3) is 0 Å². The van der Waals surface area contributed by atoms with Crippen molar-refractivity contribution >= 4 is 58.5 Å². The SMILES string of the molecule is CCCCCCCCCCCCC=C(c1ccccc1)c1ccccc1.SS.[NaH]. The number of rotatable bonds is 13. The van der Waals surface area contributed by atoms with Gasteiger partial charge in [0.1, 0.15) is 0 Å². The maximum atomic E-state index is 3.22. The Kier molecular flexibility index (Phi) is 21.0. The molecule has 0 aliphatic rings. The molecule has 0 aromatic heterocycles. The van der Waals surface area contributed by atoms with E-state index in [1.807, 2.05) is 0 Å². The fraction of sp³-hybridized carbons (Fsp3) is 0.462. The van der Waals surface area contributed by atoms with Crippen LogP contribution in [-0.4, -0.2) is 29.6 Å². The summed E-state index contributed by atoms with van der Waals surface area (Å²) < 4.78 is 0. The zero-order valence-electron chi connectivity index (χ0n) is 17.5. The van der Waals surface area contributed by atoms with Crippen LogP contribution in [0.1, 0.15) is 88.7 Å². The number of hydrogen-bond donors (Lipinski definition) is 2. The summed E-state index contributed by atoms with van der Waals surface area (Å²) in [7, 11) is 0. The second-order valence-electron chi connectivity index (χ2n) is 7.32. The standard InChI is InChI=1S/C26H36.Na.H2S2.H/c1-2-3-4-5-6-7-8-9-10-11-18-23-26(24-19-14-12-15-20-24)25-21-16-13-17-22-25;;1-2;/h12-17,19-23H,2-11,18H2,1H3;;1-2H;. The monoisotopic (exact) mass is 438 g/mol. The van der Waals surface area contributed by atoms with E-state index < -0.39 is 0 Å². The van der Waals surface area contributed by atoms with Crippen LogP contribution in [0.15, 0.2) is 66.7 Å². The van der Waals surface area contributed by atoms with E-state index in [1.165, 1.54) is 87.3 Å². The third-order valence-corrected chi connectivity index (χ3v) is 5.08. The van der Waals surface area contributed by atoms with Gasteiger partial charge in [-0.05, 0) is 29.5 Å². The first-order valence-corrected chi connectivity index (χ1v) is 12.5. The first kappa shape index (κ1) is 28.9. The normalized spacial score (nSPS) is 9.76. The molecule has 0 aliphatic heterocycles. The number of thiol groups is 2. The van der Waals surface area contributed by atoms with Gasteiger partial charge in [-0.2, -0.15) is 0 Å². The van der Waals surface area contributed by atoms with Crippen molar-refractivity contribution in [2.24, 2.45) is 0 Å². The van der Waals surface area contributed by atoms with Crippen LogP contribution < -0.4 is 0 Å². The predicted octanol–water partition coefficient (Wildman–Crippen LogP) is 8.54. The van der Waals surface area contributed by atoms with E-state index in [-0.39, 0.29) is 29.6 Å². The molecule has 0 bridgehead atoms. The molecule has 0 fully saturated rings. The number of hydrogen-bond acceptors (Lipinski definition) is 2. The first-order chi connectivity index (χ1) is 13.9. The molecule has 0 spiro atoms. The Balaban J connectivity index is 0.00000253. The molecule has 0 atom stereocenters. The van der Waals surface area contributed by atoms with E-state index in [0.717, 1.165) is 0 Å². The number of unbranched alkanes of at least 4 members (excludes halogenated alkanes) is 10. The minimum atomic E-state index is 0. The molecule has 0 aliphatic carbocycles. The summed E-state index contributed by atoms with van der Waals surface area (Å²) in [6.07, 6.45) is 17.6. The van der Waals surface area contributed by atoms with Crippen LogP contribution in [0.2, 0.25) is 0 Å². The molecule has 2 rings (SSSR count). The third kappa shape index (κ3) is 13.7. The van der Waals surface area contributed by atoms with Crippen LogP contribution in [0, 0.1) is 0 Å². The Morgan fingerprint density at radius 1 is 0.621 bits per heavy atom. The zero-order chi connectivity index (χ0) is 20.3. The number of allylic oxidation sites excluding steroid dienone is 1. The zero-order valence-corrected chi connectivity index (χ0v) is 19.3. The fourth-order valence-electron chi connectivity index (χ4n) is 3.52. The second-order valence-corrected chi connectivity index (χ2v) is 7.32. The van der Waals surface area contributed by atoms with Crippen molar-refractivity contribution < 1.29 is 0 Å². The van der Waals surface area contributed by atoms with Crippen molar-refractivity contribution in [2.75, 3.05) is 0 Å². The molecule has 0 amide bonds. The Labute approximate surface area is 212 Å². The van der Waals surface area contributed by atoms with Crippen molar-refractivity contribution in [3.8, 4) is 0 Å². The van der Waals surface area contributed by atoms with E-state index in [4.69, 9.17) is 0 Å². The van der Waals surface area contributed by atoms with Gasteiger partial charge in [-0.15, -0.1) is 23.3 Å². The van der Waals surface area contributed by atoms with Gasteiger partial charge in [-0.3, -0.25) is 0 Å². The summed E-state index contributed by atoms with van der Waals surface area (Å²) >= 11 is 6.44. The average Bonchev–Trinajstić information content (AvgIpc) is 2.77. The molecule has 3 heteroatoms. The van der Waals surface area contributed by atoms with E-state index in [1.54, 1.807) is 0 Å². The maximum absolute atomic E-state index is 3.22. The fourth-order valence-corrected chi connectivity index (χ4v) is 3.52. The van der Waals surface area contributed by atoms with Crippen LogP contribution in [-0.2, 0) is 0 Å². The molecule has 0 radical (unpaired) electrons. The predicted molar refractivity (Wildman–Crippen MR) is 142 cm³/mol. The summed E-state index contributed by atoms with van der Waals surface area (Å²) in [4.78, 5) is 0. The topological polar surface area (TPSA) is 0 Å². The van der Waals surface area contributed by atoms with Crippen LogP contribution >= 0.6 is 23.3 Å². The third-order valence-electron chi connectivity index (χ3n) is 5.08. The average molecular weight is 439 g/mol. The summed E-state index contributed by atoms with van der Waals surface area (Å²) in [5, 5.41) is 0. The molecule has 0 nitrogen and oxygen atoms in total. The molecule has 0 heterocycles. The molecule has 2 aromatic carbocycles. The number of benzene rings is 2. The van der Waals surface area contributed by atoms with Crippen molar-refractivity contribution in [1.82, 2.24) is 0 Å². The minimum absolute atomic E-state index is 0. The van der Waals surface area contributed by atoms with E-state index >= 15 is 0 Å². The molecule has 0 unspecified atom stereocenters. The van der Waals surface area contributed by atoms with Crippen molar-refractivity contribution in [3.05, 3.63) is 77.9 Å². The molecular weight excluding hydrogens is 399 g/mol. The quantitative estimate of drug-likeness (QED) is 0.133. The van der Waals surface area contributed by atoms with Gasteiger partial charge in [0, 0.05) is 0 Å². The van der Waals surface area contributed by atoms with Gasteiger partial charge in [-0.25, -0.2) is 0 Å². The van der Waals surface area contributed by atoms with Gasteiger partial charge < -0.3 is 0 Å². The van der Waals surface area contributed by atoms with Crippen molar-refractivity contribution in [2.45, 2.75) is 77.6 Å². The van der Waals surface area contributed by atoms with Crippen LogP contribution in [0.25, 0.3) is 5.57 Å². The first-order valence-electron chi connectivity index (χ1n) is 10.9. The Bertz CT molecular complexity index is 570. The molecular formula is C26H39NaS2. The van der Waals surface area contributed by atoms with Crippen LogP contribution in [0.4, 0.5) is 0 Å². The summed E-state index contributed by atoms with van der Waals surface area (Å²) in [6, 6.07) is 21.6. The van der Waals surface area contributed by atoms with Gasteiger partial charge in [0.15, 0.2) is 0 Å². The van der Waals surface area contributed by atoms with Gasteiger partial charge in [0.05, 0.1) is 0 Å². The molecule has 29 heavy (non-hydrogen) atoms. The van der Waals surface area contributed by atoms with Gasteiger partial charge >= 0.3 is 29.6 Å². The second kappa shape index (κ2) is 21.1. The molecule has 156 valence electrons. The van der Waals surface area contributed by atoms with Gasteiger partial charge in [0.2, 0.25) is 0 Å². The van der Waals surface area contributed by atoms with E-state index in [9.17, 15) is 0 Å². The summed E-state index contributed by atoms with van der Waals surface area (Å²) in [5.74, 6) is 0. The van der Waals surface area contributed by atoms with Crippen LogP contribution in [0.3, 0.4) is 0 Å². The summed E-state index contributed by atoms with van der Waals surface area (Å²) in [6.45, 7) is 2.29. The Morgan fingerprint density at radius 2 is 1.00 bits per heavy atom. The molecule has 0 N–H and O–H groups in total. The Morgan fingerprint density at radius 3 is 1.41 bits per heavy atom. The molecule has 0 saturated carbocycles. The molecule has 0 saturated heterocycles. The van der Waals surface area contributed by atoms with E-state index in [2.05, 4.69) is 97.0 Å². The summed E-state index contributed by atoms with van der Waals surface area (Å²) in [5.41, 5.74) is 4.03. The molecule has 2 aromatic rings. The van der Waals surface area contributed by atoms with Gasteiger partial charge in [-0.1, -0.05) is 131 Å². The van der Waals surface area contributed by atoms with E-state index in [0.29, 0.717) is 0 Å².